The highest BCUT2D eigenvalue weighted by Gasteiger charge is 2.41. The minimum Gasteiger partial charge on any atom is -0.495 e. The summed E-state index contributed by atoms with van der Waals surface area (Å²) in [5, 5.41) is 0. The standard InChI is InChI=1S/C26H26FN3O2/c1-17-15-29(16-28-17)24-11-3-18(14-25(24)32-2)13-20-6-9-22-10-12-23(30(22)26(20)31)19-4-7-21(27)8-5-19/h3-5,7-8,11,13-16,22-23H,6,9-10,12H2,1-2H3/b20-13+/t22?,23-/m0/s1. The number of imidazole rings is 1. The summed E-state index contributed by atoms with van der Waals surface area (Å²) in [6.45, 7) is 1.95. The Bertz CT molecular complexity index is 1180. The molecule has 0 aliphatic carbocycles. The van der Waals surface area contributed by atoms with Crippen LogP contribution in [0.1, 0.15) is 48.5 Å². The van der Waals surface area contributed by atoms with Crippen LogP contribution >= 0.6 is 0 Å². The number of nitrogens with zero attached hydrogens (tertiary/aromatic N) is 3. The molecule has 1 unspecified atom stereocenters. The van der Waals surface area contributed by atoms with Crippen molar-refractivity contribution in [2.45, 2.75) is 44.7 Å². The second kappa shape index (κ2) is 8.26. The van der Waals surface area contributed by atoms with Crippen LogP contribution in [0.25, 0.3) is 11.8 Å². The van der Waals surface area contributed by atoms with Crippen LogP contribution in [0.5, 0.6) is 5.75 Å². The molecule has 164 valence electrons. The summed E-state index contributed by atoms with van der Waals surface area (Å²) in [5.74, 6) is 0.557. The first kappa shape index (κ1) is 20.5. The van der Waals surface area contributed by atoms with Crippen molar-refractivity contribution in [3.05, 3.63) is 83.2 Å². The number of amides is 1. The number of rotatable bonds is 4. The number of hydrogen-bond acceptors (Lipinski definition) is 3. The van der Waals surface area contributed by atoms with Crippen molar-refractivity contribution >= 4 is 12.0 Å². The van der Waals surface area contributed by atoms with E-state index in [4.69, 9.17) is 4.74 Å². The Labute approximate surface area is 187 Å². The maximum absolute atomic E-state index is 13.4. The number of carbonyl (C=O) groups excluding carboxylic acids is 1. The van der Waals surface area contributed by atoms with Gasteiger partial charge in [-0.2, -0.15) is 0 Å². The third kappa shape index (κ3) is 3.70. The van der Waals surface area contributed by atoms with Gasteiger partial charge in [0, 0.05) is 17.8 Å². The molecule has 2 fully saturated rings. The fourth-order valence-electron chi connectivity index (χ4n) is 4.97. The Kier molecular flexibility index (Phi) is 5.29. The molecule has 1 amide bonds. The molecule has 3 aromatic rings. The average molecular weight is 432 g/mol. The third-order valence-electron chi connectivity index (χ3n) is 6.55. The number of halogens is 1. The number of fused-ring (bicyclic) bond motifs is 1. The monoisotopic (exact) mass is 431 g/mol. The fraction of sp³-hybridized carbons (Fsp3) is 0.308. The molecule has 6 heteroatoms. The molecule has 32 heavy (non-hydrogen) atoms. The quantitative estimate of drug-likeness (QED) is 0.531. The molecule has 5 rings (SSSR count). The van der Waals surface area contributed by atoms with E-state index in [2.05, 4.69) is 4.98 Å². The number of benzene rings is 2. The molecule has 0 spiro atoms. The molecule has 0 radical (unpaired) electrons. The first-order valence-corrected chi connectivity index (χ1v) is 11.0. The lowest BCUT2D eigenvalue weighted by molar-refractivity contribution is -0.131. The normalized spacial score (nSPS) is 21.8. The zero-order chi connectivity index (χ0) is 22.2. The van der Waals surface area contributed by atoms with Gasteiger partial charge in [-0.3, -0.25) is 4.79 Å². The number of ether oxygens (including phenoxy) is 1. The Morgan fingerprint density at radius 2 is 1.94 bits per heavy atom. The summed E-state index contributed by atoms with van der Waals surface area (Å²) >= 11 is 0. The molecule has 0 N–H and O–H groups in total. The molecule has 2 saturated heterocycles. The summed E-state index contributed by atoms with van der Waals surface area (Å²) in [6.07, 6.45) is 9.32. The van der Waals surface area contributed by atoms with Gasteiger partial charge in [-0.1, -0.05) is 18.2 Å². The van der Waals surface area contributed by atoms with Crippen molar-refractivity contribution in [3.63, 3.8) is 0 Å². The van der Waals surface area contributed by atoms with Crippen LogP contribution in [0.3, 0.4) is 0 Å². The van der Waals surface area contributed by atoms with Crippen molar-refractivity contribution in [2.75, 3.05) is 7.11 Å². The fourth-order valence-corrected chi connectivity index (χ4v) is 4.97. The van der Waals surface area contributed by atoms with Gasteiger partial charge < -0.3 is 14.2 Å². The Morgan fingerprint density at radius 3 is 2.66 bits per heavy atom. The van der Waals surface area contributed by atoms with Crippen LogP contribution in [0.15, 0.2) is 60.6 Å². The smallest absolute Gasteiger partial charge is 0.250 e. The molecule has 2 aliphatic heterocycles. The van der Waals surface area contributed by atoms with E-state index >= 15 is 0 Å². The highest BCUT2D eigenvalue weighted by molar-refractivity contribution is 5.99. The summed E-state index contributed by atoms with van der Waals surface area (Å²) in [5.41, 5.74) is 4.58. The second-order valence-electron chi connectivity index (χ2n) is 8.57. The molecule has 0 saturated carbocycles. The lowest BCUT2D eigenvalue weighted by Gasteiger charge is -2.35. The molecule has 0 bridgehead atoms. The molecule has 3 heterocycles. The van der Waals surface area contributed by atoms with Gasteiger partial charge in [0.15, 0.2) is 0 Å². The largest absolute Gasteiger partial charge is 0.495 e. The van der Waals surface area contributed by atoms with Crippen LogP contribution in [0, 0.1) is 12.7 Å². The van der Waals surface area contributed by atoms with Crippen molar-refractivity contribution in [2.24, 2.45) is 0 Å². The SMILES string of the molecule is COc1cc(/C=C2\CCC3CC[C@@H](c4ccc(F)cc4)N3C2=O)ccc1-n1cnc(C)c1. The van der Waals surface area contributed by atoms with Crippen molar-refractivity contribution in [3.8, 4) is 11.4 Å². The van der Waals surface area contributed by atoms with Gasteiger partial charge in [0.25, 0.3) is 5.91 Å². The Balaban J connectivity index is 1.43. The van der Waals surface area contributed by atoms with E-state index in [9.17, 15) is 9.18 Å². The van der Waals surface area contributed by atoms with E-state index in [1.54, 1.807) is 25.6 Å². The minimum absolute atomic E-state index is 0.0122. The van der Waals surface area contributed by atoms with Gasteiger partial charge >= 0.3 is 0 Å². The Morgan fingerprint density at radius 1 is 1.12 bits per heavy atom. The van der Waals surface area contributed by atoms with Crippen LogP contribution in [-0.4, -0.2) is 33.5 Å². The molecule has 2 atom stereocenters. The topological polar surface area (TPSA) is 47.4 Å². The van der Waals surface area contributed by atoms with Gasteiger partial charge in [-0.05, 0) is 74.1 Å². The lowest BCUT2D eigenvalue weighted by Crippen LogP contribution is -2.41. The zero-order valence-electron chi connectivity index (χ0n) is 18.3. The van der Waals surface area contributed by atoms with Crippen LogP contribution in [-0.2, 0) is 4.79 Å². The molecular formula is C26H26FN3O2. The summed E-state index contributed by atoms with van der Waals surface area (Å²) in [7, 11) is 1.65. The minimum atomic E-state index is -0.253. The number of aryl methyl sites for hydroxylation is 1. The van der Waals surface area contributed by atoms with E-state index in [1.165, 1.54) is 12.1 Å². The number of carbonyl (C=O) groups is 1. The van der Waals surface area contributed by atoms with Crippen LogP contribution < -0.4 is 4.74 Å². The number of aromatic nitrogens is 2. The highest BCUT2D eigenvalue weighted by atomic mass is 19.1. The van der Waals surface area contributed by atoms with Gasteiger partial charge in [0.05, 0.1) is 30.9 Å². The maximum atomic E-state index is 13.4. The number of methoxy groups -OCH3 is 1. The third-order valence-corrected chi connectivity index (χ3v) is 6.55. The second-order valence-corrected chi connectivity index (χ2v) is 8.57. The predicted molar refractivity (Wildman–Crippen MR) is 121 cm³/mol. The number of piperidine rings is 1. The van der Waals surface area contributed by atoms with Crippen LogP contribution in [0.4, 0.5) is 4.39 Å². The van der Waals surface area contributed by atoms with E-state index in [0.29, 0.717) is 0 Å². The van der Waals surface area contributed by atoms with E-state index in [1.807, 2.05) is 46.9 Å². The van der Waals surface area contributed by atoms with Gasteiger partial charge in [-0.15, -0.1) is 0 Å². The van der Waals surface area contributed by atoms with Gasteiger partial charge in [0.1, 0.15) is 11.6 Å². The van der Waals surface area contributed by atoms with E-state index < -0.39 is 0 Å². The van der Waals surface area contributed by atoms with Gasteiger partial charge in [0.2, 0.25) is 0 Å². The molecule has 5 nitrogen and oxygen atoms in total. The Hall–Kier alpha value is -3.41. The van der Waals surface area contributed by atoms with Crippen molar-refractivity contribution in [1.29, 1.82) is 0 Å². The van der Waals surface area contributed by atoms with Crippen molar-refractivity contribution < 1.29 is 13.9 Å². The first-order chi connectivity index (χ1) is 15.5. The van der Waals surface area contributed by atoms with E-state index in [0.717, 1.165) is 59.5 Å². The molecule has 2 aromatic carbocycles. The summed E-state index contributed by atoms with van der Waals surface area (Å²) < 4.78 is 20.9. The van der Waals surface area contributed by atoms with Gasteiger partial charge in [-0.25, -0.2) is 9.37 Å². The molecule has 1 aromatic heterocycles. The van der Waals surface area contributed by atoms with Crippen molar-refractivity contribution in [1.82, 2.24) is 14.5 Å². The summed E-state index contributed by atoms with van der Waals surface area (Å²) in [4.78, 5) is 19.8. The van der Waals surface area contributed by atoms with Crippen LogP contribution in [0.2, 0.25) is 0 Å². The first-order valence-electron chi connectivity index (χ1n) is 11.0. The highest BCUT2D eigenvalue weighted by Crippen LogP contribution is 2.42. The zero-order valence-corrected chi connectivity index (χ0v) is 18.3. The number of hydrogen-bond donors (Lipinski definition) is 0. The predicted octanol–water partition coefficient (Wildman–Crippen LogP) is 5.24. The summed E-state index contributed by atoms with van der Waals surface area (Å²) in [6, 6.07) is 12.8. The lowest BCUT2D eigenvalue weighted by atomic mass is 9.95. The van der Waals surface area contributed by atoms with E-state index in [-0.39, 0.29) is 23.8 Å². The molecular weight excluding hydrogens is 405 g/mol. The average Bonchev–Trinajstić information content (AvgIpc) is 3.43. The maximum Gasteiger partial charge on any atom is 0.250 e. The molecule has 2 aliphatic rings.